The van der Waals surface area contributed by atoms with Gasteiger partial charge in [0.15, 0.2) is 0 Å². The van der Waals surface area contributed by atoms with Gasteiger partial charge < -0.3 is 9.55 Å². The number of hydrogen-bond acceptors (Lipinski definition) is 0. The molecule has 0 spiro atoms. The molecular formula is C15H13FN2. The van der Waals surface area contributed by atoms with Gasteiger partial charge in [0, 0.05) is 25.0 Å². The van der Waals surface area contributed by atoms with Crippen molar-refractivity contribution in [1.82, 2.24) is 9.55 Å². The molecule has 0 atom stereocenters. The van der Waals surface area contributed by atoms with Gasteiger partial charge in [0.1, 0.15) is 5.82 Å². The van der Waals surface area contributed by atoms with Crippen LogP contribution in [0.4, 0.5) is 4.39 Å². The van der Waals surface area contributed by atoms with Crippen molar-refractivity contribution in [2.45, 2.75) is 0 Å². The maximum atomic E-state index is 13.0. The first-order valence-corrected chi connectivity index (χ1v) is 5.81. The summed E-state index contributed by atoms with van der Waals surface area (Å²) >= 11 is 0. The molecule has 2 heterocycles. The van der Waals surface area contributed by atoms with E-state index in [1.54, 1.807) is 12.1 Å². The third kappa shape index (κ3) is 1.74. The highest BCUT2D eigenvalue weighted by Crippen LogP contribution is 2.30. The Labute approximate surface area is 105 Å². The molecule has 18 heavy (non-hydrogen) atoms. The normalized spacial score (nSPS) is 10.8. The third-order valence-electron chi connectivity index (χ3n) is 3.10. The number of aryl methyl sites for hydroxylation is 1. The Morgan fingerprint density at radius 1 is 1.06 bits per heavy atom. The van der Waals surface area contributed by atoms with Gasteiger partial charge in [-0.1, -0.05) is 12.1 Å². The number of hydrogen-bond donors (Lipinski definition) is 1. The number of halogens is 1. The van der Waals surface area contributed by atoms with Crippen molar-refractivity contribution in [3.05, 3.63) is 60.7 Å². The molecule has 0 radical (unpaired) electrons. The molecule has 2 aromatic heterocycles. The van der Waals surface area contributed by atoms with E-state index < -0.39 is 0 Å². The summed E-state index contributed by atoms with van der Waals surface area (Å²) in [5, 5.41) is 0. The van der Waals surface area contributed by atoms with E-state index in [1.165, 1.54) is 12.1 Å². The fourth-order valence-electron chi connectivity index (χ4n) is 2.17. The number of nitrogens with one attached hydrogen (secondary N) is 1. The molecular weight excluding hydrogens is 227 g/mol. The third-order valence-corrected chi connectivity index (χ3v) is 3.10. The number of aromatic amines is 1. The molecule has 3 heteroatoms. The van der Waals surface area contributed by atoms with Crippen molar-refractivity contribution in [2.75, 3.05) is 0 Å². The highest BCUT2D eigenvalue weighted by atomic mass is 19.1. The summed E-state index contributed by atoms with van der Waals surface area (Å²) in [5.74, 6) is -0.213. The van der Waals surface area contributed by atoms with E-state index in [0.717, 1.165) is 22.5 Å². The predicted molar refractivity (Wildman–Crippen MR) is 70.6 cm³/mol. The van der Waals surface area contributed by atoms with Crippen LogP contribution in [0.15, 0.2) is 54.9 Å². The van der Waals surface area contributed by atoms with Crippen LogP contribution >= 0.6 is 0 Å². The predicted octanol–water partition coefficient (Wildman–Crippen LogP) is 3.83. The van der Waals surface area contributed by atoms with E-state index in [0.29, 0.717) is 0 Å². The summed E-state index contributed by atoms with van der Waals surface area (Å²) in [6.07, 6.45) is 3.91. The first kappa shape index (κ1) is 10.8. The van der Waals surface area contributed by atoms with Crippen molar-refractivity contribution in [3.63, 3.8) is 0 Å². The minimum atomic E-state index is -0.213. The van der Waals surface area contributed by atoms with Crippen LogP contribution in [0, 0.1) is 5.82 Å². The van der Waals surface area contributed by atoms with Gasteiger partial charge in [-0.05, 0) is 35.9 Å². The number of nitrogens with zero attached hydrogens (tertiary/aromatic N) is 1. The minimum absolute atomic E-state index is 0.213. The van der Waals surface area contributed by atoms with Crippen LogP contribution in [0.2, 0.25) is 0 Å². The van der Waals surface area contributed by atoms with Gasteiger partial charge in [0.05, 0.1) is 11.4 Å². The zero-order chi connectivity index (χ0) is 12.5. The van der Waals surface area contributed by atoms with E-state index in [9.17, 15) is 4.39 Å². The van der Waals surface area contributed by atoms with Gasteiger partial charge in [-0.15, -0.1) is 0 Å². The largest absolute Gasteiger partial charge is 0.359 e. The van der Waals surface area contributed by atoms with Crippen molar-refractivity contribution in [2.24, 2.45) is 7.05 Å². The summed E-state index contributed by atoms with van der Waals surface area (Å²) in [5.41, 5.74) is 4.25. The van der Waals surface area contributed by atoms with E-state index in [2.05, 4.69) is 15.6 Å². The van der Waals surface area contributed by atoms with Gasteiger partial charge in [0.25, 0.3) is 0 Å². The van der Waals surface area contributed by atoms with Gasteiger partial charge in [-0.25, -0.2) is 4.39 Å². The van der Waals surface area contributed by atoms with E-state index in [-0.39, 0.29) is 5.82 Å². The quantitative estimate of drug-likeness (QED) is 0.703. The molecule has 90 valence electrons. The van der Waals surface area contributed by atoms with Crippen LogP contribution < -0.4 is 0 Å². The van der Waals surface area contributed by atoms with Crippen LogP contribution in [0.3, 0.4) is 0 Å². The molecule has 0 unspecified atom stereocenters. The van der Waals surface area contributed by atoms with Crippen LogP contribution in [-0.2, 0) is 7.05 Å². The number of rotatable bonds is 2. The van der Waals surface area contributed by atoms with Crippen LogP contribution in [0.25, 0.3) is 22.5 Å². The van der Waals surface area contributed by atoms with Crippen LogP contribution in [0.5, 0.6) is 0 Å². The molecule has 1 N–H and O–H groups in total. The highest BCUT2D eigenvalue weighted by Gasteiger charge is 2.10. The lowest BCUT2D eigenvalue weighted by molar-refractivity contribution is 0.628. The molecule has 0 saturated heterocycles. The lowest BCUT2D eigenvalue weighted by Gasteiger charge is -2.06. The molecule has 0 fully saturated rings. The molecule has 0 amide bonds. The second kappa shape index (κ2) is 4.18. The average Bonchev–Trinajstić information content (AvgIpc) is 2.98. The van der Waals surface area contributed by atoms with Crippen molar-refractivity contribution < 1.29 is 4.39 Å². The first-order chi connectivity index (χ1) is 8.75. The number of H-pyrrole nitrogens is 1. The standard InChI is InChI=1S/C15H13FN2/c1-18-10-2-3-14(18)15-13(8-9-17-15)11-4-6-12(16)7-5-11/h2-10,17H,1H3. The Morgan fingerprint density at radius 2 is 1.83 bits per heavy atom. The lowest BCUT2D eigenvalue weighted by Crippen LogP contribution is -1.91. The monoisotopic (exact) mass is 240 g/mol. The Bertz CT molecular complexity index is 662. The number of benzene rings is 1. The zero-order valence-electron chi connectivity index (χ0n) is 10.0. The zero-order valence-corrected chi connectivity index (χ0v) is 10.0. The molecule has 0 bridgehead atoms. The Morgan fingerprint density at radius 3 is 2.50 bits per heavy atom. The highest BCUT2D eigenvalue weighted by molar-refractivity contribution is 5.79. The summed E-state index contributed by atoms with van der Waals surface area (Å²) in [6, 6.07) is 12.6. The van der Waals surface area contributed by atoms with E-state index in [4.69, 9.17) is 0 Å². The lowest BCUT2D eigenvalue weighted by atomic mass is 10.0. The van der Waals surface area contributed by atoms with Crippen molar-refractivity contribution in [3.8, 4) is 22.5 Å². The molecule has 1 aromatic carbocycles. The fourth-order valence-corrected chi connectivity index (χ4v) is 2.17. The maximum Gasteiger partial charge on any atom is 0.123 e. The summed E-state index contributed by atoms with van der Waals surface area (Å²) in [4.78, 5) is 3.25. The van der Waals surface area contributed by atoms with Gasteiger partial charge >= 0.3 is 0 Å². The van der Waals surface area contributed by atoms with Gasteiger partial charge in [-0.3, -0.25) is 0 Å². The second-order valence-corrected chi connectivity index (χ2v) is 4.28. The van der Waals surface area contributed by atoms with E-state index in [1.807, 2.05) is 31.6 Å². The van der Waals surface area contributed by atoms with Crippen LogP contribution in [-0.4, -0.2) is 9.55 Å². The molecule has 0 aliphatic carbocycles. The first-order valence-electron chi connectivity index (χ1n) is 5.81. The Balaban J connectivity index is 2.12. The molecule has 2 nitrogen and oxygen atoms in total. The van der Waals surface area contributed by atoms with Crippen LogP contribution in [0.1, 0.15) is 0 Å². The molecule has 0 aliphatic heterocycles. The summed E-state index contributed by atoms with van der Waals surface area (Å²) in [7, 11) is 2.00. The van der Waals surface area contributed by atoms with Crippen molar-refractivity contribution >= 4 is 0 Å². The Kier molecular flexibility index (Phi) is 2.52. The summed E-state index contributed by atoms with van der Waals surface area (Å²) in [6.45, 7) is 0. The number of aromatic nitrogens is 2. The topological polar surface area (TPSA) is 20.7 Å². The average molecular weight is 240 g/mol. The molecule has 3 aromatic rings. The Hall–Kier alpha value is -2.29. The second-order valence-electron chi connectivity index (χ2n) is 4.28. The maximum absolute atomic E-state index is 13.0. The molecule has 0 saturated carbocycles. The molecule has 3 rings (SSSR count). The molecule has 0 aliphatic rings. The van der Waals surface area contributed by atoms with E-state index >= 15 is 0 Å². The fraction of sp³-hybridized carbons (Fsp3) is 0.0667. The SMILES string of the molecule is Cn1cccc1-c1[nH]ccc1-c1ccc(F)cc1. The smallest absolute Gasteiger partial charge is 0.123 e. The van der Waals surface area contributed by atoms with Crippen molar-refractivity contribution in [1.29, 1.82) is 0 Å². The van der Waals surface area contributed by atoms with Gasteiger partial charge in [-0.2, -0.15) is 0 Å². The minimum Gasteiger partial charge on any atom is -0.359 e. The summed E-state index contributed by atoms with van der Waals surface area (Å²) < 4.78 is 15.0. The van der Waals surface area contributed by atoms with Gasteiger partial charge in [0.2, 0.25) is 0 Å².